The van der Waals surface area contributed by atoms with E-state index in [1.165, 1.54) is 6.07 Å². The van der Waals surface area contributed by atoms with Crippen LogP contribution in [0.15, 0.2) is 22.8 Å². The lowest BCUT2D eigenvalue weighted by Crippen LogP contribution is -2.28. The summed E-state index contributed by atoms with van der Waals surface area (Å²) in [5.41, 5.74) is 0.106. The molecule has 0 aliphatic heterocycles. The Hall–Kier alpha value is -0.980. The van der Waals surface area contributed by atoms with E-state index in [9.17, 15) is 9.90 Å². The highest BCUT2D eigenvalue weighted by Crippen LogP contribution is 2.17. The van der Waals surface area contributed by atoms with Crippen LogP contribution in [0.2, 0.25) is 0 Å². The van der Waals surface area contributed by atoms with Crippen molar-refractivity contribution in [1.82, 2.24) is 4.98 Å². The van der Waals surface area contributed by atoms with E-state index in [-0.39, 0.29) is 5.69 Å². The van der Waals surface area contributed by atoms with Crippen LogP contribution in [0, 0.1) is 0 Å². The molecule has 2 atom stereocenters. The Kier molecular flexibility index (Phi) is 3.56. The molecule has 2 unspecified atom stereocenters. The number of rotatable bonds is 3. The zero-order valence-electron chi connectivity index (χ0n) is 6.96. The second-order valence-corrected chi connectivity index (χ2v) is 3.43. The van der Waals surface area contributed by atoms with E-state index in [1.807, 2.05) is 0 Å². The van der Waals surface area contributed by atoms with Gasteiger partial charge in [-0.1, -0.05) is 6.07 Å². The number of aromatic nitrogens is 1. The molecule has 14 heavy (non-hydrogen) atoms. The van der Waals surface area contributed by atoms with Gasteiger partial charge in [0.15, 0.2) is 6.10 Å². The average Bonchev–Trinajstić information content (AvgIpc) is 2.15. The minimum absolute atomic E-state index is 0.106. The third-order valence-corrected chi connectivity index (χ3v) is 2.03. The molecule has 1 rings (SSSR count). The summed E-state index contributed by atoms with van der Waals surface area (Å²) in [6.07, 6.45) is -3.39. The quantitative estimate of drug-likeness (QED) is 0.682. The van der Waals surface area contributed by atoms with Crippen LogP contribution in [0.3, 0.4) is 0 Å². The Bertz CT molecular complexity index is 344. The molecule has 76 valence electrons. The molecule has 3 N–H and O–H groups in total. The smallest absolute Gasteiger partial charge is 0.335 e. The number of aliphatic carboxylic acids is 1. The van der Waals surface area contributed by atoms with Crippen LogP contribution in [0.25, 0.3) is 0 Å². The molecule has 0 aliphatic carbocycles. The van der Waals surface area contributed by atoms with Crippen molar-refractivity contribution in [3.8, 4) is 0 Å². The van der Waals surface area contributed by atoms with Crippen molar-refractivity contribution in [2.45, 2.75) is 12.2 Å². The fraction of sp³-hybridized carbons (Fsp3) is 0.250. The monoisotopic (exact) mass is 261 g/mol. The van der Waals surface area contributed by atoms with Crippen LogP contribution in [0.4, 0.5) is 0 Å². The second kappa shape index (κ2) is 4.50. The fourth-order valence-electron chi connectivity index (χ4n) is 0.885. The predicted molar refractivity (Wildman–Crippen MR) is 50.5 cm³/mol. The summed E-state index contributed by atoms with van der Waals surface area (Å²) in [7, 11) is 0. The first-order valence-electron chi connectivity index (χ1n) is 3.74. The highest BCUT2D eigenvalue weighted by atomic mass is 79.9. The van der Waals surface area contributed by atoms with Crippen molar-refractivity contribution in [2.75, 3.05) is 0 Å². The van der Waals surface area contributed by atoms with Crippen molar-refractivity contribution in [2.24, 2.45) is 0 Å². The first kappa shape index (κ1) is 11.1. The lowest BCUT2D eigenvalue weighted by molar-refractivity contribution is -0.153. The molecule has 0 fully saturated rings. The summed E-state index contributed by atoms with van der Waals surface area (Å²) in [5, 5.41) is 26.8. The molecule has 0 bridgehead atoms. The molecule has 5 nitrogen and oxygen atoms in total. The van der Waals surface area contributed by atoms with E-state index < -0.39 is 18.2 Å². The van der Waals surface area contributed by atoms with Gasteiger partial charge in [0.25, 0.3) is 0 Å². The van der Waals surface area contributed by atoms with E-state index in [1.54, 1.807) is 12.1 Å². The van der Waals surface area contributed by atoms with Crippen molar-refractivity contribution in [1.29, 1.82) is 0 Å². The van der Waals surface area contributed by atoms with Gasteiger partial charge < -0.3 is 15.3 Å². The zero-order chi connectivity index (χ0) is 10.7. The number of aliphatic hydroxyl groups excluding tert-OH is 2. The summed E-state index contributed by atoms with van der Waals surface area (Å²) in [6.45, 7) is 0. The van der Waals surface area contributed by atoms with Crippen LogP contribution in [-0.4, -0.2) is 32.4 Å². The van der Waals surface area contributed by atoms with E-state index >= 15 is 0 Å². The van der Waals surface area contributed by atoms with Crippen LogP contribution in [-0.2, 0) is 4.79 Å². The summed E-state index contributed by atoms with van der Waals surface area (Å²) in [5.74, 6) is -1.49. The van der Waals surface area contributed by atoms with E-state index in [0.717, 1.165) is 0 Å². The summed E-state index contributed by atoms with van der Waals surface area (Å²) in [4.78, 5) is 14.2. The van der Waals surface area contributed by atoms with Crippen LogP contribution < -0.4 is 0 Å². The lowest BCUT2D eigenvalue weighted by atomic mass is 10.1. The molecule has 0 aliphatic rings. The van der Waals surface area contributed by atoms with Gasteiger partial charge in [0.2, 0.25) is 0 Å². The number of aliphatic hydroxyl groups is 2. The zero-order valence-corrected chi connectivity index (χ0v) is 8.55. The molecule has 0 radical (unpaired) electrons. The lowest BCUT2D eigenvalue weighted by Gasteiger charge is -2.13. The molecule has 1 aromatic rings. The number of carbonyl (C=O) groups is 1. The third-order valence-electron chi connectivity index (χ3n) is 1.59. The maximum Gasteiger partial charge on any atom is 0.335 e. The number of nitrogens with zero attached hydrogens (tertiary/aromatic N) is 1. The molecule has 0 amide bonds. The Morgan fingerprint density at radius 3 is 2.57 bits per heavy atom. The first-order valence-corrected chi connectivity index (χ1v) is 4.53. The summed E-state index contributed by atoms with van der Waals surface area (Å²) in [6, 6.07) is 4.65. The van der Waals surface area contributed by atoms with Crippen molar-refractivity contribution >= 4 is 21.9 Å². The minimum Gasteiger partial charge on any atom is -0.479 e. The Balaban J connectivity index is 2.89. The molecular weight excluding hydrogens is 254 g/mol. The van der Waals surface area contributed by atoms with Gasteiger partial charge in [-0.15, -0.1) is 0 Å². The van der Waals surface area contributed by atoms with Gasteiger partial charge in [-0.05, 0) is 28.1 Å². The van der Waals surface area contributed by atoms with Crippen LogP contribution >= 0.6 is 15.9 Å². The van der Waals surface area contributed by atoms with E-state index in [0.29, 0.717) is 4.60 Å². The molecule has 1 heterocycles. The number of pyridine rings is 1. The van der Waals surface area contributed by atoms with Crippen molar-refractivity contribution in [3.05, 3.63) is 28.5 Å². The molecule has 0 saturated carbocycles. The highest BCUT2D eigenvalue weighted by Gasteiger charge is 2.26. The van der Waals surface area contributed by atoms with Gasteiger partial charge in [0.1, 0.15) is 10.7 Å². The first-order chi connectivity index (χ1) is 6.52. The van der Waals surface area contributed by atoms with Gasteiger partial charge in [-0.2, -0.15) is 0 Å². The fourth-order valence-corrected chi connectivity index (χ4v) is 1.24. The van der Waals surface area contributed by atoms with Crippen LogP contribution in [0.5, 0.6) is 0 Å². The molecule has 1 aromatic heterocycles. The van der Waals surface area contributed by atoms with Crippen molar-refractivity contribution in [3.63, 3.8) is 0 Å². The Morgan fingerprint density at radius 2 is 2.07 bits per heavy atom. The summed E-state index contributed by atoms with van der Waals surface area (Å²) >= 11 is 3.07. The normalized spacial score (nSPS) is 14.8. The maximum atomic E-state index is 10.3. The number of carboxylic acids is 1. The van der Waals surface area contributed by atoms with Gasteiger partial charge in [0.05, 0.1) is 5.69 Å². The van der Waals surface area contributed by atoms with Crippen LogP contribution in [0.1, 0.15) is 11.8 Å². The molecule has 0 spiro atoms. The van der Waals surface area contributed by atoms with Gasteiger partial charge >= 0.3 is 5.97 Å². The minimum atomic E-state index is -1.86. The predicted octanol–water partition coefficient (Wildman–Crippen LogP) is 0.323. The van der Waals surface area contributed by atoms with Gasteiger partial charge in [-0.3, -0.25) is 0 Å². The highest BCUT2D eigenvalue weighted by molar-refractivity contribution is 9.10. The van der Waals surface area contributed by atoms with E-state index in [4.69, 9.17) is 10.2 Å². The third kappa shape index (κ3) is 2.50. The topological polar surface area (TPSA) is 90.7 Å². The van der Waals surface area contributed by atoms with Crippen molar-refractivity contribution < 1.29 is 20.1 Å². The number of halogens is 1. The number of hydrogen-bond donors (Lipinski definition) is 3. The number of hydrogen-bond acceptors (Lipinski definition) is 4. The SMILES string of the molecule is O=C(O)C(O)C(O)c1cccc(Br)n1. The molecule has 0 saturated heterocycles. The van der Waals surface area contributed by atoms with Gasteiger partial charge in [-0.25, -0.2) is 9.78 Å². The standard InChI is InChI=1S/C8H8BrNO4/c9-5-3-1-2-4(10-5)6(11)7(12)8(13)14/h1-3,6-7,11-12H,(H,13,14). The van der Waals surface area contributed by atoms with Gasteiger partial charge in [0, 0.05) is 0 Å². The average molecular weight is 262 g/mol. The Labute approximate surface area is 88.2 Å². The molecule has 0 aromatic carbocycles. The second-order valence-electron chi connectivity index (χ2n) is 2.61. The summed E-state index contributed by atoms with van der Waals surface area (Å²) < 4.78 is 0.464. The molecule has 6 heteroatoms. The molecular formula is C8H8BrNO4. The number of carboxylic acid groups (broad SMARTS) is 1. The van der Waals surface area contributed by atoms with E-state index in [2.05, 4.69) is 20.9 Å². The Morgan fingerprint density at radius 1 is 1.43 bits per heavy atom. The largest absolute Gasteiger partial charge is 0.479 e. The maximum absolute atomic E-state index is 10.3.